The molecule has 0 amide bonds. The van der Waals surface area contributed by atoms with Crippen LogP contribution in [0.25, 0.3) is 0 Å². The second kappa shape index (κ2) is 66.0. The zero-order chi connectivity index (χ0) is 84.1. The summed E-state index contributed by atoms with van der Waals surface area (Å²) in [6.07, 6.45) is 102. The molecule has 0 saturated heterocycles. The number of benzene rings is 3. The van der Waals surface area contributed by atoms with Gasteiger partial charge in [-0.25, -0.2) is 4.79 Å². The normalized spacial score (nSPS) is 14.6. The number of esters is 5. The smallest absolute Gasteiger partial charge is 0.338 e. The molecule has 117 heavy (non-hydrogen) atoms. The summed E-state index contributed by atoms with van der Waals surface area (Å²) in [5.41, 5.74) is -0.144. The first-order chi connectivity index (χ1) is 57.3. The molecule has 3 aromatic carbocycles. The number of allylic oxidation sites excluding steroid dienone is 40. The molecule has 0 bridgehead atoms. The van der Waals surface area contributed by atoms with Crippen molar-refractivity contribution in [2.75, 3.05) is 0 Å². The molecular weight excluding hydrogens is 1470 g/mol. The first-order valence-corrected chi connectivity index (χ1v) is 42.3. The molecule has 0 fully saturated rings. The van der Waals surface area contributed by atoms with Gasteiger partial charge in [0.15, 0.2) is 29.1 Å². The summed E-state index contributed by atoms with van der Waals surface area (Å²) in [4.78, 5) is 69.6. The van der Waals surface area contributed by atoms with E-state index in [1.165, 1.54) is 18.2 Å². The minimum Gasteiger partial charge on any atom is -0.508 e. The highest BCUT2D eigenvalue weighted by atomic mass is 16.6. The first kappa shape index (κ1) is 98.2. The molecular formula is C102H130O15. The van der Waals surface area contributed by atoms with Gasteiger partial charge < -0.3 is 48.8 Å². The van der Waals surface area contributed by atoms with E-state index >= 15 is 0 Å². The second-order valence-corrected chi connectivity index (χ2v) is 27.6. The number of phenolic OH excluding ortho intramolecular Hbond substituents is 4. The summed E-state index contributed by atoms with van der Waals surface area (Å²) in [6, 6.07) is 7.08. The minimum absolute atomic E-state index is 0.0178. The first-order valence-electron chi connectivity index (χ1n) is 42.3. The molecule has 0 radical (unpaired) electrons. The van der Waals surface area contributed by atoms with Gasteiger partial charge in [-0.2, -0.15) is 0 Å². The highest BCUT2D eigenvalue weighted by Gasteiger charge is 2.38. The number of hydrogen-bond donors (Lipinski definition) is 4. The van der Waals surface area contributed by atoms with Crippen LogP contribution in [0.1, 0.15) is 261 Å². The van der Waals surface area contributed by atoms with Crippen molar-refractivity contribution in [1.29, 1.82) is 0 Å². The molecule has 2 atom stereocenters. The standard InChI is InChI=1S/C102H130O15/c1-5-9-13-17-21-25-29-33-37-41-45-49-53-57-61-65-69-73-95(105)112-90-77-84(78-91(99(90)109)113-96(106)74-70-66-62-58-54-50-46-42-38-34-30-26-22-18-14-10-6-2)101-94(83-87-88(104)81-86(103)82-89(87)116-101)117-102(111)85-79-92(114-97(107)75-71-67-63-59-55-51-47-43-39-35-31-27-23-19-15-11-7-3)100(110)93(80-85)115-98(108)76-72-68-64-60-56-52-48-44-40-36-32-28-24-20-16-12-8-4/h9-16,21-28,33-40,45-52,57-64,77-82,94,101,103-104,109-110H,5-8,17-20,29-32,41-44,53-56,65-76,83H2,1-4H3/b13-9-,14-10-,15-11-,16-12-,25-21-,26-22-,27-23-,28-24-,37-33-,38-34-,39-35-,40-36-,49-45-,50-46-,51-47-,52-48-,61-57+,62-58+,63-59+,64-60+/t94-,101-/m1/s1. The molecule has 1 aliphatic heterocycles. The van der Waals surface area contributed by atoms with Crippen molar-refractivity contribution in [3.8, 4) is 51.7 Å². The van der Waals surface area contributed by atoms with Crippen molar-refractivity contribution in [1.82, 2.24) is 0 Å². The van der Waals surface area contributed by atoms with Crippen LogP contribution in [0.5, 0.6) is 51.7 Å². The SMILES string of the molecule is CC/C=C\C/C=C\C/C=C\C/C=C\C/C=C/CCCC(=O)Oc1cc(C(=O)O[C@@H]2Cc3c(O)cc(O)cc3O[C@@H]2c2cc(OC(=O)CCC/C=C/C/C=C\C/C=C\C/C=C\C/C=C\CC)c(O)c(OC(=O)CCC/C=C/C/C=C\C/C=C\C/C=C\C/C=C\CC)c2)cc(OC(=O)CCC/C=C/C/C=C\C/C=C\C/C=C\C/C=C\CC)c1O. The van der Waals surface area contributed by atoms with Gasteiger partial charge in [-0.1, -0.05) is 271 Å². The zero-order valence-corrected chi connectivity index (χ0v) is 69.8. The van der Waals surface area contributed by atoms with Crippen LogP contribution < -0.4 is 23.7 Å². The molecule has 15 nitrogen and oxygen atoms in total. The maximum Gasteiger partial charge on any atom is 0.338 e. The third-order valence-electron chi connectivity index (χ3n) is 17.6. The Morgan fingerprint density at radius 2 is 0.564 bits per heavy atom. The number of unbranched alkanes of at least 4 members (excludes halogenated alkanes) is 4. The summed E-state index contributed by atoms with van der Waals surface area (Å²) in [6.45, 7) is 8.47. The monoisotopic (exact) mass is 1590 g/mol. The topological polar surface area (TPSA) is 222 Å². The number of aromatic hydroxyl groups is 4. The lowest BCUT2D eigenvalue weighted by Gasteiger charge is -2.34. The van der Waals surface area contributed by atoms with Gasteiger partial charge in [0.05, 0.1) is 5.56 Å². The van der Waals surface area contributed by atoms with E-state index in [1.54, 1.807) is 0 Å². The van der Waals surface area contributed by atoms with Gasteiger partial charge in [-0.15, -0.1) is 0 Å². The Balaban J connectivity index is 1.59. The van der Waals surface area contributed by atoms with Crippen molar-refractivity contribution in [3.63, 3.8) is 0 Å². The number of phenols is 4. The van der Waals surface area contributed by atoms with Crippen LogP contribution in [0.2, 0.25) is 0 Å². The fraction of sp³-hybridized carbons (Fsp3) is 0.382. The van der Waals surface area contributed by atoms with Crippen molar-refractivity contribution < 1.29 is 72.8 Å². The van der Waals surface area contributed by atoms with E-state index in [1.807, 2.05) is 48.6 Å². The lowest BCUT2D eigenvalue weighted by Crippen LogP contribution is -2.35. The van der Waals surface area contributed by atoms with Gasteiger partial charge in [-0.3, -0.25) is 19.2 Å². The third kappa shape index (κ3) is 47.4. The number of carbonyl (C=O) groups is 5. The van der Waals surface area contributed by atoms with Crippen LogP contribution >= 0.6 is 0 Å². The predicted molar refractivity (Wildman–Crippen MR) is 478 cm³/mol. The lowest BCUT2D eigenvalue weighted by atomic mass is 9.93. The minimum atomic E-state index is -1.42. The molecule has 4 N–H and O–H groups in total. The molecule has 1 aliphatic rings. The molecule has 1 heterocycles. The molecule has 3 aromatic rings. The van der Waals surface area contributed by atoms with Crippen molar-refractivity contribution in [2.24, 2.45) is 0 Å². The van der Waals surface area contributed by atoms with E-state index in [4.69, 9.17) is 28.4 Å². The summed E-state index contributed by atoms with van der Waals surface area (Å²) < 4.78 is 36.0. The highest BCUT2D eigenvalue weighted by molar-refractivity contribution is 5.92. The molecule has 4 rings (SSSR count). The number of hydrogen-bond acceptors (Lipinski definition) is 15. The maximum atomic E-state index is 14.9. The molecule has 0 unspecified atom stereocenters. The van der Waals surface area contributed by atoms with Gasteiger partial charge >= 0.3 is 29.8 Å². The van der Waals surface area contributed by atoms with E-state index < -0.39 is 82.3 Å². The molecule has 0 spiro atoms. The lowest BCUT2D eigenvalue weighted by molar-refractivity contribution is -0.136. The average molecular weight is 1600 g/mol. The number of rotatable bonds is 59. The van der Waals surface area contributed by atoms with Crippen LogP contribution in [0.3, 0.4) is 0 Å². The van der Waals surface area contributed by atoms with Gasteiger partial charge in [0, 0.05) is 55.4 Å². The molecule has 15 heteroatoms. The summed E-state index contributed by atoms with van der Waals surface area (Å²) in [5.74, 6) is -7.99. The fourth-order valence-corrected chi connectivity index (χ4v) is 11.4. The number of carbonyl (C=O) groups excluding carboxylic acids is 5. The maximum absolute atomic E-state index is 14.9. The van der Waals surface area contributed by atoms with Gasteiger partial charge in [-0.05, 0) is 204 Å². The number of ether oxygens (including phenoxy) is 6. The van der Waals surface area contributed by atoms with E-state index in [9.17, 15) is 44.4 Å². The Labute approximate surface area is 698 Å². The van der Waals surface area contributed by atoms with Gasteiger partial charge in [0.25, 0.3) is 0 Å². The molecule has 0 aromatic heterocycles. The van der Waals surface area contributed by atoms with Crippen LogP contribution in [-0.2, 0) is 30.3 Å². The Morgan fingerprint density at radius 3 is 0.821 bits per heavy atom. The molecule has 0 aliphatic carbocycles. The highest BCUT2D eigenvalue weighted by Crippen LogP contribution is 2.47. The van der Waals surface area contributed by atoms with Crippen LogP contribution in [0.15, 0.2) is 279 Å². The summed E-state index contributed by atoms with van der Waals surface area (Å²) >= 11 is 0. The van der Waals surface area contributed by atoms with E-state index in [-0.39, 0.29) is 60.3 Å². The average Bonchev–Trinajstić information content (AvgIpc) is 0.766. The molecule has 628 valence electrons. The Hall–Kier alpha value is -11.2. The predicted octanol–water partition coefficient (Wildman–Crippen LogP) is 26.7. The van der Waals surface area contributed by atoms with Gasteiger partial charge in [0.1, 0.15) is 23.4 Å². The summed E-state index contributed by atoms with van der Waals surface area (Å²) in [7, 11) is 0. The van der Waals surface area contributed by atoms with Crippen LogP contribution in [0.4, 0.5) is 0 Å². The van der Waals surface area contributed by atoms with E-state index in [0.29, 0.717) is 77.0 Å². The second-order valence-electron chi connectivity index (χ2n) is 27.6. The Bertz CT molecular complexity index is 3840. The Morgan fingerprint density at radius 1 is 0.325 bits per heavy atom. The largest absolute Gasteiger partial charge is 0.508 e. The quantitative estimate of drug-likeness (QED) is 0.0179. The van der Waals surface area contributed by atoms with Crippen LogP contribution in [0, 0.1) is 0 Å². The van der Waals surface area contributed by atoms with Crippen molar-refractivity contribution >= 4 is 29.8 Å². The third-order valence-corrected chi connectivity index (χ3v) is 17.6. The van der Waals surface area contributed by atoms with Crippen molar-refractivity contribution in [3.05, 3.63) is 296 Å². The zero-order valence-electron chi connectivity index (χ0n) is 69.8. The van der Waals surface area contributed by atoms with Gasteiger partial charge in [0.2, 0.25) is 11.5 Å². The van der Waals surface area contributed by atoms with Crippen molar-refractivity contribution in [2.45, 2.75) is 252 Å². The molecule has 0 saturated carbocycles. The number of fused-ring (bicyclic) bond motifs is 1. The van der Waals surface area contributed by atoms with Crippen LogP contribution in [-0.4, -0.2) is 56.4 Å². The van der Waals surface area contributed by atoms with E-state index in [2.05, 4.69) is 222 Å². The summed E-state index contributed by atoms with van der Waals surface area (Å²) in [5, 5.41) is 45.5. The fourth-order valence-electron chi connectivity index (χ4n) is 11.4. The Kier molecular flexibility index (Phi) is 55.4. The van der Waals surface area contributed by atoms with E-state index in [0.717, 1.165) is 121 Å².